The van der Waals surface area contributed by atoms with Crippen LogP contribution < -0.4 is 0 Å². The summed E-state index contributed by atoms with van der Waals surface area (Å²) in [4.78, 5) is 0. The molecule has 0 aromatic rings. The van der Waals surface area contributed by atoms with Crippen LogP contribution in [-0.2, 0) is 5.11 Å². The van der Waals surface area contributed by atoms with Gasteiger partial charge >= 0.3 is 0 Å². The maximum absolute atomic E-state index is 11.5. The zero-order valence-electron chi connectivity index (χ0n) is 20.7. The van der Waals surface area contributed by atoms with Crippen molar-refractivity contribution >= 4 is 0 Å². The van der Waals surface area contributed by atoms with E-state index >= 15 is 0 Å². The van der Waals surface area contributed by atoms with Gasteiger partial charge in [-0.2, -0.15) is 0 Å². The minimum atomic E-state index is 0.162. The molecule has 0 fully saturated rings. The second kappa shape index (κ2) is 26.0. The molecule has 0 saturated heterocycles. The summed E-state index contributed by atoms with van der Waals surface area (Å²) in [6, 6.07) is 0. The van der Waals surface area contributed by atoms with Gasteiger partial charge in [-0.05, 0) is 18.8 Å². The van der Waals surface area contributed by atoms with Gasteiger partial charge < -0.3 is 0 Å². The Hall–Kier alpha value is -0.0400. The van der Waals surface area contributed by atoms with Gasteiger partial charge in [-0.1, -0.05) is 155 Å². The highest BCUT2D eigenvalue weighted by atomic mass is 16.3. The van der Waals surface area contributed by atoms with Crippen LogP contribution >= 0.6 is 0 Å². The lowest BCUT2D eigenvalue weighted by molar-refractivity contribution is 0.130. The molecule has 0 aliphatic carbocycles. The van der Waals surface area contributed by atoms with Gasteiger partial charge in [-0.3, -0.25) is 0 Å². The zero-order chi connectivity index (χ0) is 21.3. The fourth-order valence-corrected chi connectivity index (χ4v) is 4.51. The van der Waals surface area contributed by atoms with Crippen molar-refractivity contribution in [2.75, 3.05) is 6.61 Å². The Morgan fingerprint density at radius 3 is 0.862 bits per heavy atom. The molecule has 1 radical (unpaired) electrons. The van der Waals surface area contributed by atoms with Gasteiger partial charge in [-0.15, -0.1) is 0 Å². The molecule has 29 heavy (non-hydrogen) atoms. The van der Waals surface area contributed by atoms with E-state index in [4.69, 9.17) is 0 Å². The lowest BCUT2D eigenvalue weighted by atomic mass is 9.94. The lowest BCUT2D eigenvalue weighted by Gasteiger charge is -2.13. The van der Waals surface area contributed by atoms with Crippen molar-refractivity contribution in [1.82, 2.24) is 0 Å². The summed E-state index contributed by atoms with van der Waals surface area (Å²) in [5, 5.41) is 11.5. The normalized spacial score (nSPS) is 12.5. The molecule has 0 aliphatic rings. The largest absolute Gasteiger partial charge is 0.236 e. The van der Waals surface area contributed by atoms with Crippen molar-refractivity contribution in [2.24, 2.45) is 5.92 Å². The first-order valence-electron chi connectivity index (χ1n) is 13.9. The predicted molar refractivity (Wildman–Crippen MR) is 131 cm³/mol. The molecule has 0 heterocycles. The molecule has 0 N–H and O–H groups in total. The molecular formula is C28H57O. The smallest absolute Gasteiger partial charge is 0.0850 e. The van der Waals surface area contributed by atoms with E-state index < -0.39 is 0 Å². The third kappa shape index (κ3) is 24.1. The highest BCUT2D eigenvalue weighted by Crippen LogP contribution is 2.19. The van der Waals surface area contributed by atoms with Crippen molar-refractivity contribution in [3.63, 3.8) is 0 Å². The number of hydrogen-bond acceptors (Lipinski definition) is 0. The monoisotopic (exact) mass is 409 g/mol. The molecule has 0 amide bonds. The van der Waals surface area contributed by atoms with E-state index in [1.807, 2.05) is 0 Å². The van der Waals surface area contributed by atoms with Crippen molar-refractivity contribution in [3.05, 3.63) is 0 Å². The van der Waals surface area contributed by atoms with Crippen LogP contribution in [0, 0.1) is 5.92 Å². The second-order valence-corrected chi connectivity index (χ2v) is 9.68. The van der Waals surface area contributed by atoms with Gasteiger partial charge in [0.2, 0.25) is 0 Å². The standard InChI is InChI=1S/C28H57O/c1-3-5-7-9-11-13-15-16-18-20-22-24-26-28(27-29)25-23-21-19-17-14-12-10-8-6-4-2/h28H,3-27H2,1-2H3. The lowest BCUT2D eigenvalue weighted by Crippen LogP contribution is -2.05. The molecule has 0 aliphatic heterocycles. The second-order valence-electron chi connectivity index (χ2n) is 9.68. The van der Waals surface area contributed by atoms with E-state index in [1.165, 1.54) is 154 Å². The quantitative estimate of drug-likeness (QED) is 0.134. The van der Waals surface area contributed by atoms with Crippen molar-refractivity contribution in [2.45, 2.75) is 168 Å². The number of unbranched alkanes of at least 4 members (excludes halogenated alkanes) is 20. The Balaban J connectivity index is 3.27. The van der Waals surface area contributed by atoms with Crippen molar-refractivity contribution in [1.29, 1.82) is 0 Å². The fourth-order valence-electron chi connectivity index (χ4n) is 4.51. The van der Waals surface area contributed by atoms with E-state index in [-0.39, 0.29) is 6.61 Å². The summed E-state index contributed by atoms with van der Waals surface area (Å²) in [5.74, 6) is 0.465. The molecule has 1 nitrogen and oxygen atoms in total. The average Bonchev–Trinajstić information content (AvgIpc) is 2.74. The predicted octanol–water partition coefficient (Wildman–Crippen LogP) is 10.4. The maximum atomic E-state index is 11.5. The first-order valence-corrected chi connectivity index (χ1v) is 13.9. The van der Waals surface area contributed by atoms with Crippen LogP contribution in [0.3, 0.4) is 0 Å². The van der Waals surface area contributed by atoms with Gasteiger partial charge in [0.25, 0.3) is 0 Å². The Labute approximate surface area is 185 Å². The van der Waals surface area contributed by atoms with E-state index in [9.17, 15) is 5.11 Å². The van der Waals surface area contributed by atoms with Crippen LogP contribution in [0.2, 0.25) is 0 Å². The summed E-state index contributed by atoms with van der Waals surface area (Å²) >= 11 is 0. The van der Waals surface area contributed by atoms with Gasteiger partial charge in [0, 0.05) is 0 Å². The summed E-state index contributed by atoms with van der Waals surface area (Å²) in [6.07, 6.45) is 33.2. The Morgan fingerprint density at radius 1 is 0.379 bits per heavy atom. The van der Waals surface area contributed by atoms with Crippen LogP contribution in [0.25, 0.3) is 0 Å². The third-order valence-electron chi connectivity index (χ3n) is 6.67. The van der Waals surface area contributed by atoms with E-state index in [0.717, 1.165) is 0 Å². The summed E-state index contributed by atoms with van der Waals surface area (Å²) < 4.78 is 0. The topological polar surface area (TPSA) is 19.9 Å². The summed E-state index contributed by atoms with van der Waals surface area (Å²) in [5.41, 5.74) is 0. The molecule has 1 atom stereocenters. The Kier molecular flexibility index (Phi) is 26.0. The highest BCUT2D eigenvalue weighted by molar-refractivity contribution is 4.59. The molecule has 0 rings (SSSR count). The minimum absolute atomic E-state index is 0.162. The number of hydrogen-bond donors (Lipinski definition) is 0. The third-order valence-corrected chi connectivity index (χ3v) is 6.67. The average molecular weight is 410 g/mol. The summed E-state index contributed by atoms with van der Waals surface area (Å²) in [6.45, 7) is 4.74. The molecule has 1 heteroatoms. The number of rotatable bonds is 25. The molecule has 0 aromatic carbocycles. The Morgan fingerprint density at radius 2 is 0.621 bits per heavy atom. The van der Waals surface area contributed by atoms with Crippen LogP contribution in [0.1, 0.15) is 168 Å². The first-order chi connectivity index (χ1) is 14.3. The zero-order valence-corrected chi connectivity index (χ0v) is 20.7. The summed E-state index contributed by atoms with van der Waals surface area (Å²) in [7, 11) is 0. The Bertz CT molecular complexity index is 275. The SMILES string of the molecule is CCCCCCCCCCCCCCC(C[O])CCCCCCCCCCCC. The van der Waals surface area contributed by atoms with Gasteiger partial charge in [0.05, 0.1) is 6.61 Å². The molecule has 0 spiro atoms. The van der Waals surface area contributed by atoms with Crippen molar-refractivity contribution < 1.29 is 5.11 Å². The first kappa shape index (κ1) is 29.0. The van der Waals surface area contributed by atoms with Gasteiger partial charge in [-0.25, -0.2) is 5.11 Å². The van der Waals surface area contributed by atoms with E-state index in [1.54, 1.807) is 0 Å². The van der Waals surface area contributed by atoms with E-state index in [2.05, 4.69) is 13.8 Å². The van der Waals surface area contributed by atoms with E-state index in [0.29, 0.717) is 5.92 Å². The van der Waals surface area contributed by atoms with Crippen molar-refractivity contribution in [3.8, 4) is 0 Å². The fraction of sp³-hybridized carbons (Fsp3) is 1.00. The van der Waals surface area contributed by atoms with Crippen LogP contribution in [0.4, 0.5) is 0 Å². The van der Waals surface area contributed by atoms with Gasteiger partial charge in [0.1, 0.15) is 0 Å². The van der Waals surface area contributed by atoms with Gasteiger partial charge in [0.15, 0.2) is 0 Å². The van der Waals surface area contributed by atoms with Crippen LogP contribution in [-0.4, -0.2) is 6.61 Å². The molecular weight excluding hydrogens is 352 g/mol. The molecule has 0 aromatic heterocycles. The molecule has 175 valence electrons. The molecule has 1 unspecified atom stereocenters. The maximum Gasteiger partial charge on any atom is 0.0850 e. The molecule has 0 bridgehead atoms. The highest BCUT2D eigenvalue weighted by Gasteiger charge is 2.07. The van der Waals surface area contributed by atoms with Crippen LogP contribution in [0.15, 0.2) is 0 Å². The molecule has 0 saturated carbocycles. The van der Waals surface area contributed by atoms with Crippen LogP contribution in [0.5, 0.6) is 0 Å². The minimum Gasteiger partial charge on any atom is -0.236 e.